The molecule has 0 radical (unpaired) electrons. The molecule has 0 bridgehead atoms. The normalized spacial score (nSPS) is 11.6. The van der Waals surface area contributed by atoms with Gasteiger partial charge in [-0.3, -0.25) is 0 Å². The van der Waals surface area contributed by atoms with Crippen LogP contribution in [0.25, 0.3) is 22.3 Å². The largest absolute Gasteiger partial charge is 0.417 e. The number of para-hydroxylation sites is 1. The van der Waals surface area contributed by atoms with Crippen LogP contribution in [0.15, 0.2) is 72.8 Å². The summed E-state index contributed by atoms with van der Waals surface area (Å²) in [5.41, 5.74) is 0.298. The number of alkyl halides is 3. The standard InChI is InChI=1S/C22H15F4N3/c23-15-7-5-6-14(12-15)13-27-20-17-9-2-4-11-19(17)28-21(29-20)16-8-1-3-10-18(16)22(24,25)26/h1-12H,13H2,(H,27,28,29). The third-order valence-corrected chi connectivity index (χ3v) is 4.43. The fourth-order valence-electron chi connectivity index (χ4n) is 3.09. The number of anilines is 1. The van der Waals surface area contributed by atoms with E-state index in [1.807, 2.05) is 0 Å². The summed E-state index contributed by atoms with van der Waals surface area (Å²) in [7, 11) is 0. The molecule has 0 fully saturated rings. The predicted molar refractivity (Wildman–Crippen MR) is 104 cm³/mol. The van der Waals surface area contributed by atoms with Crippen LogP contribution >= 0.6 is 0 Å². The summed E-state index contributed by atoms with van der Waals surface area (Å²) in [6.07, 6.45) is -4.53. The Balaban J connectivity index is 1.80. The summed E-state index contributed by atoms with van der Waals surface area (Å²) in [5.74, 6) is -0.0122. The fourth-order valence-corrected chi connectivity index (χ4v) is 3.09. The van der Waals surface area contributed by atoms with Crippen LogP contribution in [-0.4, -0.2) is 9.97 Å². The molecule has 0 aliphatic rings. The van der Waals surface area contributed by atoms with Crippen molar-refractivity contribution in [1.82, 2.24) is 9.97 Å². The molecule has 4 rings (SSSR count). The Morgan fingerprint density at radius 3 is 2.38 bits per heavy atom. The van der Waals surface area contributed by atoms with Gasteiger partial charge in [-0.25, -0.2) is 14.4 Å². The Morgan fingerprint density at radius 2 is 1.59 bits per heavy atom. The zero-order valence-electron chi connectivity index (χ0n) is 15.0. The van der Waals surface area contributed by atoms with Crippen LogP contribution in [0, 0.1) is 5.82 Å². The second kappa shape index (κ2) is 7.50. The Hall–Kier alpha value is -3.48. The third kappa shape index (κ3) is 4.03. The number of nitrogens with zero attached hydrogens (tertiary/aromatic N) is 2. The van der Waals surface area contributed by atoms with E-state index in [4.69, 9.17) is 0 Å². The molecule has 0 atom stereocenters. The van der Waals surface area contributed by atoms with E-state index in [1.165, 1.54) is 30.3 Å². The van der Waals surface area contributed by atoms with Crippen LogP contribution in [0.4, 0.5) is 23.4 Å². The lowest BCUT2D eigenvalue weighted by Gasteiger charge is -2.14. The topological polar surface area (TPSA) is 37.8 Å². The summed E-state index contributed by atoms with van der Waals surface area (Å²) in [6, 6.07) is 18.3. The Labute approximate surface area is 164 Å². The minimum atomic E-state index is -4.53. The van der Waals surface area contributed by atoms with Crippen LogP contribution in [0.2, 0.25) is 0 Å². The van der Waals surface area contributed by atoms with E-state index >= 15 is 0 Å². The molecular formula is C22H15F4N3. The second-order valence-electron chi connectivity index (χ2n) is 6.44. The molecule has 0 amide bonds. The lowest BCUT2D eigenvalue weighted by atomic mass is 10.1. The van der Waals surface area contributed by atoms with Gasteiger partial charge in [-0.1, -0.05) is 42.5 Å². The van der Waals surface area contributed by atoms with Crippen molar-refractivity contribution in [2.45, 2.75) is 12.7 Å². The highest BCUT2D eigenvalue weighted by molar-refractivity contribution is 5.90. The maximum Gasteiger partial charge on any atom is 0.417 e. The molecule has 0 spiro atoms. The predicted octanol–water partition coefficient (Wildman–Crippen LogP) is 6.07. The maximum absolute atomic E-state index is 13.4. The number of aromatic nitrogens is 2. The molecule has 0 saturated heterocycles. The van der Waals surface area contributed by atoms with Crippen LogP contribution in [0.1, 0.15) is 11.1 Å². The van der Waals surface area contributed by atoms with Crippen LogP contribution < -0.4 is 5.32 Å². The van der Waals surface area contributed by atoms with Gasteiger partial charge in [-0.05, 0) is 35.9 Å². The summed E-state index contributed by atoms with van der Waals surface area (Å²) in [5, 5.41) is 3.76. The van der Waals surface area contributed by atoms with Gasteiger partial charge in [-0.15, -0.1) is 0 Å². The maximum atomic E-state index is 13.4. The van der Waals surface area contributed by atoms with Crippen LogP contribution in [-0.2, 0) is 12.7 Å². The molecule has 29 heavy (non-hydrogen) atoms. The Morgan fingerprint density at radius 1 is 0.828 bits per heavy atom. The SMILES string of the molecule is Fc1cccc(CNc2nc(-c3ccccc3C(F)(F)F)nc3ccccc23)c1. The number of rotatable bonds is 4. The van der Waals surface area contributed by atoms with E-state index in [-0.39, 0.29) is 23.7 Å². The van der Waals surface area contributed by atoms with Crippen molar-refractivity contribution in [2.75, 3.05) is 5.32 Å². The number of hydrogen-bond donors (Lipinski definition) is 1. The summed E-state index contributed by atoms with van der Waals surface area (Å²) in [4.78, 5) is 8.71. The lowest BCUT2D eigenvalue weighted by molar-refractivity contribution is -0.137. The van der Waals surface area contributed by atoms with Crippen molar-refractivity contribution in [2.24, 2.45) is 0 Å². The Kier molecular flexibility index (Phi) is 4.88. The molecular weight excluding hydrogens is 382 g/mol. The van der Waals surface area contributed by atoms with Gasteiger partial charge in [0.2, 0.25) is 0 Å². The van der Waals surface area contributed by atoms with Crippen molar-refractivity contribution >= 4 is 16.7 Å². The molecule has 0 saturated carbocycles. The minimum absolute atomic E-state index is 0.0293. The van der Waals surface area contributed by atoms with E-state index in [1.54, 1.807) is 36.4 Å². The summed E-state index contributed by atoms with van der Waals surface area (Å²) in [6.45, 7) is 0.263. The van der Waals surface area contributed by atoms with E-state index in [2.05, 4.69) is 15.3 Å². The molecule has 0 unspecified atom stereocenters. The number of fused-ring (bicyclic) bond motifs is 1. The van der Waals surface area contributed by atoms with Crippen molar-refractivity contribution in [1.29, 1.82) is 0 Å². The van der Waals surface area contributed by atoms with Gasteiger partial charge in [0.25, 0.3) is 0 Å². The summed E-state index contributed by atoms with van der Waals surface area (Å²) >= 11 is 0. The Bertz CT molecular complexity index is 1170. The molecule has 1 aromatic heterocycles. The monoisotopic (exact) mass is 397 g/mol. The van der Waals surface area contributed by atoms with Gasteiger partial charge >= 0.3 is 6.18 Å². The van der Waals surface area contributed by atoms with E-state index < -0.39 is 11.7 Å². The minimum Gasteiger partial charge on any atom is -0.365 e. The number of hydrogen-bond acceptors (Lipinski definition) is 3. The molecule has 0 aliphatic heterocycles. The molecule has 3 nitrogen and oxygen atoms in total. The third-order valence-electron chi connectivity index (χ3n) is 4.43. The van der Waals surface area contributed by atoms with Gasteiger partial charge in [0.1, 0.15) is 11.6 Å². The summed E-state index contributed by atoms with van der Waals surface area (Å²) < 4.78 is 53.8. The first-order valence-electron chi connectivity index (χ1n) is 8.83. The van der Waals surface area contributed by atoms with Crippen molar-refractivity contribution in [3.05, 3.63) is 89.7 Å². The van der Waals surface area contributed by atoms with Gasteiger partial charge < -0.3 is 5.32 Å². The van der Waals surface area contributed by atoms with Crippen LogP contribution in [0.3, 0.4) is 0 Å². The molecule has 0 aliphatic carbocycles. The van der Waals surface area contributed by atoms with E-state index in [0.29, 0.717) is 22.3 Å². The van der Waals surface area contributed by atoms with Gasteiger partial charge in [0.15, 0.2) is 5.82 Å². The molecule has 7 heteroatoms. The molecule has 146 valence electrons. The molecule has 3 aromatic carbocycles. The van der Waals surface area contributed by atoms with Crippen molar-refractivity contribution in [3.63, 3.8) is 0 Å². The lowest BCUT2D eigenvalue weighted by Crippen LogP contribution is -2.09. The number of nitrogens with one attached hydrogen (secondary N) is 1. The van der Waals surface area contributed by atoms with Gasteiger partial charge in [-0.2, -0.15) is 13.2 Å². The number of halogens is 4. The quantitative estimate of drug-likeness (QED) is 0.425. The number of benzene rings is 3. The highest BCUT2D eigenvalue weighted by Crippen LogP contribution is 2.36. The zero-order valence-corrected chi connectivity index (χ0v) is 15.0. The van der Waals surface area contributed by atoms with Crippen molar-refractivity contribution < 1.29 is 17.6 Å². The van der Waals surface area contributed by atoms with Gasteiger partial charge in [0, 0.05) is 17.5 Å². The first-order valence-corrected chi connectivity index (χ1v) is 8.83. The highest BCUT2D eigenvalue weighted by atomic mass is 19.4. The van der Waals surface area contributed by atoms with Crippen molar-refractivity contribution in [3.8, 4) is 11.4 Å². The molecule has 1 heterocycles. The molecule has 4 aromatic rings. The second-order valence-corrected chi connectivity index (χ2v) is 6.44. The van der Waals surface area contributed by atoms with E-state index in [9.17, 15) is 17.6 Å². The van der Waals surface area contributed by atoms with E-state index in [0.717, 1.165) is 6.07 Å². The smallest absolute Gasteiger partial charge is 0.365 e. The average Bonchev–Trinajstić information content (AvgIpc) is 2.71. The highest BCUT2D eigenvalue weighted by Gasteiger charge is 2.34. The molecule has 1 N–H and O–H groups in total. The first kappa shape index (κ1) is 18.9. The zero-order chi connectivity index (χ0) is 20.4. The first-order chi connectivity index (χ1) is 13.9. The van der Waals surface area contributed by atoms with Gasteiger partial charge in [0.05, 0.1) is 11.1 Å². The van der Waals surface area contributed by atoms with Crippen LogP contribution in [0.5, 0.6) is 0 Å². The fraction of sp³-hybridized carbons (Fsp3) is 0.0909. The average molecular weight is 397 g/mol.